The van der Waals surface area contributed by atoms with E-state index in [9.17, 15) is 14.4 Å². The first-order valence-electron chi connectivity index (χ1n) is 13.6. The van der Waals surface area contributed by atoms with E-state index in [4.69, 9.17) is 4.74 Å². The average Bonchev–Trinajstić information content (AvgIpc) is 3.52. The highest BCUT2D eigenvalue weighted by molar-refractivity contribution is 6.01. The number of nitrogens with one attached hydrogen (secondary N) is 1. The molecule has 2 amide bonds. The molecule has 9 nitrogen and oxygen atoms in total. The number of hydrogen-bond donors (Lipinski definition) is 1. The van der Waals surface area contributed by atoms with Crippen LogP contribution in [0.4, 0.5) is 0 Å². The first kappa shape index (κ1) is 27.5. The first-order chi connectivity index (χ1) is 18.3. The van der Waals surface area contributed by atoms with Crippen LogP contribution in [0.2, 0.25) is 0 Å². The minimum absolute atomic E-state index is 0.199. The summed E-state index contributed by atoms with van der Waals surface area (Å²) in [6.45, 7) is 9.11. The molecule has 9 heteroatoms. The molecule has 4 atom stereocenters. The number of likely N-dealkylation sites (N-methyl/N-ethyl adjacent to an activating group) is 1. The number of rotatable bonds is 12. The van der Waals surface area contributed by atoms with Crippen LogP contribution in [0.15, 0.2) is 36.5 Å². The molecule has 1 aliphatic carbocycles. The van der Waals surface area contributed by atoms with Gasteiger partial charge in [0.05, 0.1) is 18.8 Å². The molecule has 2 aliphatic rings. The maximum Gasteiger partial charge on any atom is 0.255 e. The van der Waals surface area contributed by atoms with Gasteiger partial charge < -0.3 is 19.7 Å². The number of hydrogen-bond acceptors (Lipinski definition) is 6. The van der Waals surface area contributed by atoms with Gasteiger partial charge in [0.25, 0.3) is 5.91 Å². The molecule has 4 rings (SSSR count). The Morgan fingerprint density at radius 1 is 1.34 bits per heavy atom. The second kappa shape index (κ2) is 12.4. The third-order valence-electron chi connectivity index (χ3n) is 8.04. The van der Waals surface area contributed by atoms with E-state index >= 15 is 0 Å². The van der Waals surface area contributed by atoms with Gasteiger partial charge in [0.1, 0.15) is 30.4 Å². The molecule has 0 bridgehead atoms. The van der Waals surface area contributed by atoms with Gasteiger partial charge in [-0.15, -0.1) is 5.10 Å². The van der Waals surface area contributed by atoms with Gasteiger partial charge >= 0.3 is 0 Å². The van der Waals surface area contributed by atoms with Crippen LogP contribution in [0, 0.1) is 11.8 Å². The molecule has 204 valence electrons. The van der Waals surface area contributed by atoms with Crippen molar-refractivity contribution < 1.29 is 19.1 Å². The van der Waals surface area contributed by atoms with Crippen molar-refractivity contribution in [2.24, 2.45) is 11.8 Å². The number of amides is 2. The van der Waals surface area contributed by atoms with Crippen LogP contribution in [0.1, 0.15) is 86.5 Å². The Balaban J connectivity index is 1.39. The number of fused-ring (bicyclic) bond motifs is 1. The summed E-state index contributed by atoms with van der Waals surface area (Å²) in [5, 5.41) is 11.3. The van der Waals surface area contributed by atoms with E-state index in [2.05, 4.69) is 36.1 Å². The zero-order valence-corrected chi connectivity index (χ0v) is 22.7. The van der Waals surface area contributed by atoms with E-state index in [1.54, 1.807) is 12.1 Å². The number of carbonyl (C=O) groups excluding carboxylic acids is 3. The van der Waals surface area contributed by atoms with Crippen LogP contribution in [0.25, 0.3) is 0 Å². The molecule has 0 spiro atoms. The largest absolute Gasteiger partial charge is 0.487 e. The van der Waals surface area contributed by atoms with Crippen LogP contribution in [-0.2, 0) is 22.7 Å². The summed E-state index contributed by atoms with van der Waals surface area (Å²) < 4.78 is 8.02. The Kier molecular flexibility index (Phi) is 8.97. The predicted molar refractivity (Wildman–Crippen MR) is 143 cm³/mol. The Hall–Kier alpha value is -3.49. The summed E-state index contributed by atoms with van der Waals surface area (Å²) in [4.78, 5) is 38.0. The number of carbonyl (C=O) groups is 3. The van der Waals surface area contributed by atoms with Crippen LogP contribution >= 0.6 is 0 Å². The standard InChI is InChI=1S/C29H39N5O4/c1-19-8-5-9-22(14-19)15-20(2)21(3)34-16-23(31-32-34)18-38-27-12-6-10-24-25(27)17-33(29(24)37)26(11-7-13-35)28(36)30-4/h6,10,12-13,16,20-22,26H,1,5,7-9,11,14-15,17-18H2,2-4H3,(H,30,36). The Morgan fingerprint density at radius 3 is 2.89 bits per heavy atom. The highest BCUT2D eigenvalue weighted by Gasteiger charge is 2.37. The minimum atomic E-state index is -0.715. The van der Waals surface area contributed by atoms with Crippen LogP contribution < -0.4 is 10.1 Å². The molecule has 1 fully saturated rings. The summed E-state index contributed by atoms with van der Waals surface area (Å²) in [5.41, 5.74) is 3.34. The van der Waals surface area contributed by atoms with E-state index in [1.165, 1.54) is 36.8 Å². The number of allylic oxidation sites excluding steroid dienone is 1. The van der Waals surface area contributed by atoms with Crippen LogP contribution in [0.3, 0.4) is 0 Å². The van der Waals surface area contributed by atoms with Crippen molar-refractivity contribution >= 4 is 18.1 Å². The molecule has 0 radical (unpaired) electrons. The van der Waals surface area contributed by atoms with Crippen molar-refractivity contribution in [1.82, 2.24) is 25.2 Å². The molecular formula is C29H39N5O4. The normalized spacial score (nSPS) is 19.6. The highest BCUT2D eigenvalue weighted by atomic mass is 16.5. The van der Waals surface area contributed by atoms with Crippen molar-refractivity contribution in [2.45, 2.75) is 84.0 Å². The first-order valence-corrected chi connectivity index (χ1v) is 13.6. The lowest BCUT2D eigenvalue weighted by Crippen LogP contribution is -2.46. The van der Waals surface area contributed by atoms with E-state index in [0.717, 1.165) is 24.7 Å². The summed E-state index contributed by atoms with van der Waals surface area (Å²) in [5.74, 6) is 1.22. The van der Waals surface area contributed by atoms with E-state index in [1.807, 2.05) is 16.9 Å². The summed E-state index contributed by atoms with van der Waals surface area (Å²) in [6.07, 6.45) is 9.13. The van der Waals surface area contributed by atoms with Crippen LogP contribution in [-0.4, -0.2) is 51.1 Å². The topological polar surface area (TPSA) is 106 Å². The number of nitrogens with zero attached hydrogens (tertiary/aromatic N) is 4. The zero-order valence-electron chi connectivity index (χ0n) is 22.7. The molecule has 1 N–H and O–H groups in total. The Morgan fingerprint density at radius 2 is 2.16 bits per heavy atom. The third kappa shape index (κ3) is 6.14. The third-order valence-corrected chi connectivity index (χ3v) is 8.04. The van der Waals surface area contributed by atoms with E-state index in [-0.39, 0.29) is 43.8 Å². The fourth-order valence-electron chi connectivity index (χ4n) is 5.70. The zero-order chi connectivity index (χ0) is 27.2. The van der Waals surface area contributed by atoms with E-state index < -0.39 is 6.04 Å². The minimum Gasteiger partial charge on any atom is -0.487 e. The molecule has 1 saturated carbocycles. The van der Waals surface area contributed by atoms with Gasteiger partial charge in [0, 0.05) is 24.6 Å². The number of ether oxygens (including phenoxy) is 1. The van der Waals surface area contributed by atoms with Gasteiger partial charge in [-0.25, -0.2) is 4.68 Å². The highest BCUT2D eigenvalue weighted by Crippen LogP contribution is 2.35. The monoisotopic (exact) mass is 521 g/mol. The molecule has 0 saturated heterocycles. The lowest BCUT2D eigenvalue weighted by molar-refractivity contribution is -0.125. The summed E-state index contributed by atoms with van der Waals surface area (Å²) in [7, 11) is 1.53. The number of benzene rings is 1. The predicted octanol–water partition coefficient (Wildman–Crippen LogP) is 4.24. The maximum atomic E-state index is 13.1. The van der Waals surface area contributed by atoms with Crippen LogP contribution in [0.5, 0.6) is 5.75 Å². The lowest BCUT2D eigenvalue weighted by atomic mass is 9.80. The van der Waals surface area contributed by atoms with Crippen molar-refractivity contribution in [3.8, 4) is 5.75 Å². The Bertz CT molecular complexity index is 1180. The molecule has 4 unspecified atom stereocenters. The summed E-state index contributed by atoms with van der Waals surface area (Å²) >= 11 is 0. The quantitative estimate of drug-likeness (QED) is 0.331. The number of aldehydes is 1. The average molecular weight is 522 g/mol. The second-order valence-corrected chi connectivity index (χ2v) is 10.7. The van der Waals surface area contributed by atoms with Gasteiger partial charge in [-0.2, -0.15) is 0 Å². The van der Waals surface area contributed by atoms with E-state index in [0.29, 0.717) is 28.8 Å². The van der Waals surface area contributed by atoms with Crippen molar-refractivity contribution in [3.63, 3.8) is 0 Å². The van der Waals surface area contributed by atoms with Gasteiger partial charge in [-0.1, -0.05) is 30.4 Å². The SMILES string of the molecule is C=C1CCCC(CC(C)C(C)n2cc(COc3cccc4c3CN(C(CCC=O)C(=O)NC)C4=O)nn2)C1. The molecule has 1 aromatic carbocycles. The maximum absolute atomic E-state index is 13.1. The smallest absolute Gasteiger partial charge is 0.255 e. The molecular weight excluding hydrogens is 482 g/mol. The van der Waals surface area contributed by atoms with Gasteiger partial charge in [0.2, 0.25) is 5.91 Å². The molecule has 1 aliphatic heterocycles. The second-order valence-electron chi connectivity index (χ2n) is 10.7. The van der Waals surface area contributed by atoms with Gasteiger partial charge in [-0.3, -0.25) is 9.59 Å². The molecule has 1 aromatic heterocycles. The van der Waals surface area contributed by atoms with Crippen molar-refractivity contribution in [3.05, 3.63) is 53.4 Å². The fraction of sp³-hybridized carbons (Fsp3) is 0.552. The number of aromatic nitrogens is 3. The van der Waals surface area contributed by atoms with Gasteiger partial charge in [0.15, 0.2) is 0 Å². The fourth-order valence-corrected chi connectivity index (χ4v) is 5.70. The Labute approximate surface area is 224 Å². The molecule has 2 heterocycles. The summed E-state index contributed by atoms with van der Waals surface area (Å²) in [6, 6.07) is 4.84. The van der Waals surface area contributed by atoms with Crippen molar-refractivity contribution in [1.29, 1.82) is 0 Å². The van der Waals surface area contributed by atoms with Crippen molar-refractivity contribution in [2.75, 3.05) is 7.05 Å². The lowest BCUT2D eigenvalue weighted by Gasteiger charge is -2.28. The molecule has 38 heavy (non-hydrogen) atoms. The van der Waals surface area contributed by atoms with Gasteiger partial charge in [-0.05, 0) is 69.4 Å². The molecule has 2 aromatic rings.